The number of aromatic nitrogens is 2. The summed E-state index contributed by atoms with van der Waals surface area (Å²) < 4.78 is 6.26. The monoisotopic (exact) mass is 412 g/mol. The Morgan fingerprint density at radius 3 is 2.16 bits per heavy atom. The molecule has 0 aliphatic carbocycles. The fraction of sp³-hybridized carbons (Fsp3) is 0.0345. The molecule has 0 atom stereocenters. The largest absolute Gasteiger partial charge is 0.455 e. The zero-order chi connectivity index (χ0) is 21.5. The van der Waals surface area contributed by atoms with Crippen LogP contribution in [0.5, 0.6) is 0 Å². The summed E-state index contributed by atoms with van der Waals surface area (Å²) in [5.74, 6) is 0.715. The van der Waals surface area contributed by atoms with Gasteiger partial charge in [-0.3, -0.25) is 0 Å². The molecule has 2 aromatic heterocycles. The van der Waals surface area contributed by atoms with Crippen molar-refractivity contribution in [2.45, 2.75) is 6.92 Å². The summed E-state index contributed by atoms with van der Waals surface area (Å²) in [7, 11) is 0. The molecule has 2 heterocycles. The maximum absolute atomic E-state index is 6.26. The number of para-hydroxylation sites is 2. The molecule has 152 valence electrons. The van der Waals surface area contributed by atoms with Gasteiger partial charge in [-0.1, -0.05) is 84.9 Å². The third-order valence-electron chi connectivity index (χ3n) is 5.79. The van der Waals surface area contributed by atoms with Crippen LogP contribution in [0.25, 0.3) is 55.7 Å². The summed E-state index contributed by atoms with van der Waals surface area (Å²) in [5, 5.41) is 2.21. The van der Waals surface area contributed by atoms with Crippen LogP contribution < -0.4 is 0 Å². The molecular weight excluding hydrogens is 392 g/mol. The quantitative estimate of drug-likeness (QED) is 0.299. The van der Waals surface area contributed by atoms with E-state index in [1.54, 1.807) is 0 Å². The molecule has 32 heavy (non-hydrogen) atoms. The second-order valence-corrected chi connectivity index (χ2v) is 7.91. The van der Waals surface area contributed by atoms with E-state index in [9.17, 15) is 0 Å². The Kier molecular flexibility index (Phi) is 4.32. The van der Waals surface area contributed by atoms with Gasteiger partial charge in [-0.25, -0.2) is 9.97 Å². The number of benzene rings is 4. The zero-order valence-electron chi connectivity index (χ0n) is 17.6. The van der Waals surface area contributed by atoms with E-state index in [4.69, 9.17) is 14.4 Å². The van der Waals surface area contributed by atoms with Crippen molar-refractivity contribution < 1.29 is 4.42 Å². The highest BCUT2D eigenvalue weighted by atomic mass is 16.3. The van der Waals surface area contributed by atoms with Crippen molar-refractivity contribution in [3.63, 3.8) is 0 Å². The van der Waals surface area contributed by atoms with E-state index in [0.717, 1.165) is 55.6 Å². The second kappa shape index (κ2) is 7.47. The van der Waals surface area contributed by atoms with E-state index in [1.165, 1.54) is 0 Å². The molecule has 6 aromatic rings. The Morgan fingerprint density at radius 2 is 1.28 bits per heavy atom. The van der Waals surface area contributed by atoms with Crippen molar-refractivity contribution >= 4 is 21.9 Å². The minimum Gasteiger partial charge on any atom is -0.455 e. The smallest absolute Gasteiger partial charge is 0.160 e. The molecule has 0 fully saturated rings. The van der Waals surface area contributed by atoms with Crippen LogP contribution in [0.1, 0.15) is 5.69 Å². The van der Waals surface area contributed by atoms with Gasteiger partial charge in [-0.15, -0.1) is 0 Å². The SMILES string of the molecule is Cc1cc(-c2cccc3c2oc2ccccc23)nc(-c2ccccc2-c2ccccc2)n1. The van der Waals surface area contributed by atoms with Gasteiger partial charge in [0.2, 0.25) is 0 Å². The van der Waals surface area contributed by atoms with Crippen molar-refractivity contribution in [3.05, 3.63) is 109 Å². The lowest BCUT2D eigenvalue weighted by molar-refractivity contribution is 0.670. The number of fused-ring (bicyclic) bond motifs is 3. The number of rotatable bonds is 3. The van der Waals surface area contributed by atoms with Crippen molar-refractivity contribution in [2.24, 2.45) is 0 Å². The van der Waals surface area contributed by atoms with E-state index in [0.29, 0.717) is 5.82 Å². The highest BCUT2D eigenvalue weighted by Crippen LogP contribution is 2.36. The molecule has 0 saturated heterocycles. The average molecular weight is 412 g/mol. The summed E-state index contributed by atoms with van der Waals surface area (Å²) in [4.78, 5) is 9.81. The summed E-state index contributed by atoms with van der Waals surface area (Å²) in [6.07, 6.45) is 0. The molecule has 4 aromatic carbocycles. The minimum absolute atomic E-state index is 0.715. The van der Waals surface area contributed by atoms with Crippen LogP contribution in [0.2, 0.25) is 0 Å². The van der Waals surface area contributed by atoms with Gasteiger partial charge >= 0.3 is 0 Å². The molecule has 0 spiro atoms. The number of hydrogen-bond acceptors (Lipinski definition) is 3. The van der Waals surface area contributed by atoms with E-state index in [2.05, 4.69) is 66.7 Å². The molecular formula is C29H20N2O. The zero-order valence-corrected chi connectivity index (χ0v) is 17.6. The number of hydrogen-bond donors (Lipinski definition) is 0. The normalized spacial score (nSPS) is 11.3. The van der Waals surface area contributed by atoms with E-state index in [1.807, 2.05) is 43.3 Å². The molecule has 0 radical (unpaired) electrons. The van der Waals surface area contributed by atoms with Gasteiger partial charge in [0.15, 0.2) is 5.82 Å². The highest BCUT2D eigenvalue weighted by molar-refractivity contribution is 6.09. The lowest BCUT2D eigenvalue weighted by atomic mass is 9.99. The van der Waals surface area contributed by atoms with E-state index in [-0.39, 0.29) is 0 Å². The van der Waals surface area contributed by atoms with Crippen LogP contribution in [0.4, 0.5) is 0 Å². The first-order chi connectivity index (χ1) is 15.8. The summed E-state index contributed by atoms with van der Waals surface area (Å²) in [6, 6.07) is 35.1. The Morgan fingerprint density at radius 1 is 0.594 bits per heavy atom. The molecule has 0 bridgehead atoms. The molecule has 0 unspecified atom stereocenters. The summed E-state index contributed by atoms with van der Waals surface area (Å²) >= 11 is 0. The molecule has 0 saturated carbocycles. The Labute approximate surface area is 186 Å². The molecule has 0 aliphatic rings. The van der Waals surface area contributed by atoms with Crippen molar-refractivity contribution in [1.29, 1.82) is 0 Å². The molecule has 0 N–H and O–H groups in total. The number of furan rings is 1. The summed E-state index contributed by atoms with van der Waals surface area (Å²) in [5.41, 5.74) is 7.77. The molecule has 3 nitrogen and oxygen atoms in total. The topological polar surface area (TPSA) is 38.9 Å². The fourth-order valence-electron chi connectivity index (χ4n) is 4.32. The molecule has 6 rings (SSSR count). The van der Waals surface area contributed by atoms with Gasteiger partial charge in [-0.2, -0.15) is 0 Å². The highest BCUT2D eigenvalue weighted by Gasteiger charge is 2.16. The van der Waals surface area contributed by atoms with Crippen LogP contribution in [0, 0.1) is 6.92 Å². The van der Waals surface area contributed by atoms with Gasteiger partial charge in [-0.05, 0) is 36.2 Å². The van der Waals surface area contributed by atoms with Crippen LogP contribution in [0.15, 0.2) is 108 Å². The lowest BCUT2D eigenvalue weighted by Gasteiger charge is -2.11. The lowest BCUT2D eigenvalue weighted by Crippen LogP contribution is -1.97. The number of aryl methyl sites for hydroxylation is 1. The minimum atomic E-state index is 0.715. The fourth-order valence-corrected chi connectivity index (χ4v) is 4.32. The van der Waals surface area contributed by atoms with E-state index < -0.39 is 0 Å². The van der Waals surface area contributed by atoms with Crippen molar-refractivity contribution in [3.8, 4) is 33.8 Å². The Hall–Kier alpha value is -4.24. The maximum atomic E-state index is 6.26. The van der Waals surface area contributed by atoms with Crippen LogP contribution in [-0.4, -0.2) is 9.97 Å². The molecule has 0 aliphatic heterocycles. The van der Waals surface area contributed by atoms with Gasteiger partial charge in [0, 0.05) is 27.6 Å². The Balaban J connectivity index is 1.57. The molecule has 3 heteroatoms. The van der Waals surface area contributed by atoms with Gasteiger partial charge < -0.3 is 4.42 Å². The third-order valence-corrected chi connectivity index (χ3v) is 5.79. The maximum Gasteiger partial charge on any atom is 0.160 e. The van der Waals surface area contributed by atoms with Gasteiger partial charge in [0.05, 0.1) is 5.69 Å². The second-order valence-electron chi connectivity index (χ2n) is 7.91. The van der Waals surface area contributed by atoms with E-state index >= 15 is 0 Å². The van der Waals surface area contributed by atoms with Crippen molar-refractivity contribution in [2.75, 3.05) is 0 Å². The van der Waals surface area contributed by atoms with Crippen LogP contribution in [-0.2, 0) is 0 Å². The first-order valence-corrected chi connectivity index (χ1v) is 10.7. The summed E-state index contributed by atoms with van der Waals surface area (Å²) in [6.45, 7) is 2.01. The van der Waals surface area contributed by atoms with Gasteiger partial charge in [0.1, 0.15) is 11.2 Å². The third kappa shape index (κ3) is 3.07. The predicted molar refractivity (Wildman–Crippen MR) is 130 cm³/mol. The first-order valence-electron chi connectivity index (χ1n) is 10.7. The van der Waals surface area contributed by atoms with Crippen molar-refractivity contribution in [1.82, 2.24) is 9.97 Å². The standard InChI is InChI=1S/C29H20N2O/c1-19-18-26(25-16-9-15-23-22-13-7-8-17-27(22)32-28(23)25)31-29(30-19)24-14-6-5-12-21(24)20-10-3-2-4-11-20/h2-18H,1H3. The average Bonchev–Trinajstić information content (AvgIpc) is 3.23. The van der Waals surface area contributed by atoms with Gasteiger partial charge in [0.25, 0.3) is 0 Å². The first kappa shape index (κ1) is 18.5. The number of nitrogens with zero attached hydrogens (tertiary/aromatic N) is 2. The van der Waals surface area contributed by atoms with Crippen LogP contribution >= 0.6 is 0 Å². The molecule has 0 amide bonds. The predicted octanol–water partition coefficient (Wildman–Crippen LogP) is 7.69. The van der Waals surface area contributed by atoms with Crippen LogP contribution in [0.3, 0.4) is 0 Å². The Bertz CT molecular complexity index is 1580.